The molecule has 1 aliphatic carbocycles. The number of amides is 2. The fourth-order valence-electron chi connectivity index (χ4n) is 3.17. The highest BCUT2D eigenvalue weighted by atomic mass is 16.4. The number of aliphatic carboxylic acids is 1. The van der Waals surface area contributed by atoms with E-state index in [0.717, 1.165) is 12.8 Å². The summed E-state index contributed by atoms with van der Waals surface area (Å²) in [5.41, 5.74) is 0. The van der Waals surface area contributed by atoms with Crippen molar-refractivity contribution in [3.63, 3.8) is 0 Å². The van der Waals surface area contributed by atoms with E-state index in [1.54, 1.807) is 11.9 Å². The van der Waals surface area contributed by atoms with E-state index in [0.29, 0.717) is 19.0 Å². The Labute approximate surface area is 108 Å². The average molecular weight is 254 g/mol. The molecule has 102 valence electrons. The lowest BCUT2D eigenvalue weighted by Crippen LogP contribution is -2.44. The van der Waals surface area contributed by atoms with Crippen LogP contribution in [0.15, 0.2) is 0 Å². The summed E-state index contributed by atoms with van der Waals surface area (Å²) in [6, 6.07) is 0.494. The number of hydrogen-bond acceptors (Lipinski definition) is 2. The van der Waals surface area contributed by atoms with Crippen LogP contribution in [0.1, 0.15) is 44.9 Å². The van der Waals surface area contributed by atoms with Crippen LogP contribution in [-0.2, 0) is 4.79 Å². The summed E-state index contributed by atoms with van der Waals surface area (Å²) in [6.07, 6.45) is 6.49. The van der Waals surface area contributed by atoms with E-state index in [1.807, 2.05) is 4.90 Å². The maximum absolute atomic E-state index is 12.2. The van der Waals surface area contributed by atoms with Gasteiger partial charge >= 0.3 is 12.0 Å². The maximum Gasteiger partial charge on any atom is 0.320 e. The molecule has 2 rings (SSSR count). The fourth-order valence-corrected chi connectivity index (χ4v) is 3.17. The number of carboxylic acid groups (broad SMARTS) is 1. The minimum absolute atomic E-state index is 0.0808. The third-order valence-electron chi connectivity index (χ3n) is 4.08. The van der Waals surface area contributed by atoms with Gasteiger partial charge in [-0.1, -0.05) is 19.3 Å². The zero-order chi connectivity index (χ0) is 13.1. The molecule has 18 heavy (non-hydrogen) atoms. The minimum Gasteiger partial charge on any atom is -0.481 e. The van der Waals surface area contributed by atoms with Crippen LogP contribution in [0.2, 0.25) is 0 Å². The molecule has 1 saturated heterocycles. The van der Waals surface area contributed by atoms with E-state index in [1.165, 1.54) is 19.3 Å². The quantitative estimate of drug-likeness (QED) is 0.833. The van der Waals surface area contributed by atoms with Gasteiger partial charge in [0.1, 0.15) is 0 Å². The first-order valence-electron chi connectivity index (χ1n) is 6.85. The van der Waals surface area contributed by atoms with Crippen molar-refractivity contribution in [3.8, 4) is 0 Å². The third-order valence-corrected chi connectivity index (χ3v) is 4.08. The van der Waals surface area contributed by atoms with Crippen LogP contribution in [0.25, 0.3) is 0 Å². The molecule has 0 spiro atoms. The van der Waals surface area contributed by atoms with Crippen molar-refractivity contribution in [1.29, 1.82) is 0 Å². The van der Waals surface area contributed by atoms with Gasteiger partial charge in [-0.15, -0.1) is 0 Å². The fraction of sp³-hybridized carbons (Fsp3) is 0.846. The van der Waals surface area contributed by atoms with Gasteiger partial charge in [-0.05, 0) is 19.3 Å². The number of rotatable bonds is 4. The lowest BCUT2D eigenvalue weighted by Gasteiger charge is -2.34. The number of likely N-dealkylation sites (N-methyl/N-ethyl adjacent to an activating group) is 1. The normalized spacial score (nSPS) is 25.8. The molecule has 2 fully saturated rings. The van der Waals surface area contributed by atoms with Crippen LogP contribution in [0, 0.1) is 0 Å². The van der Waals surface area contributed by atoms with Crippen LogP contribution in [0.4, 0.5) is 4.79 Å². The molecule has 0 aromatic rings. The van der Waals surface area contributed by atoms with Crippen LogP contribution in [0.5, 0.6) is 0 Å². The predicted molar refractivity (Wildman–Crippen MR) is 67.4 cm³/mol. The van der Waals surface area contributed by atoms with Gasteiger partial charge in [-0.3, -0.25) is 4.79 Å². The second kappa shape index (κ2) is 5.59. The van der Waals surface area contributed by atoms with E-state index in [9.17, 15) is 9.59 Å². The SMILES string of the molecule is CN1CC(CCC(=O)O)N(C2CCCCC2)C1=O. The van der Waals surface area contributed by atoms with Gasteiger partial charge in [-0.2, -0.15) is 0 Å². The maximum atomic E-state index is 12.2. The number of hydrogen-bond donors (Lipinski definition) is 1. The number of nitrogens with zero attached hydrogens (tertiary/aromatic N) is 2. The largest absolute Gasteiger partial charge is 0.481 e. The second-order valence-electron chi connectivity index (χ2n) is 5.45. The van der Waals surface area contributed by atoms with E-state index in [4.69, 9.17) is 5.11 Å². The Morgan fingerprint density at radius 3 is 2.61 bits per heavy atom. The van der Waals surface area contributed by atoms with E-state index in [2.05, 4.69) is 0 Å². The topological polar surface area (TPSA) is 60.9 Å². The Morgan fingerprint density at radius 2 is 2.00 bits per heavy atom. The van der Waals surface area contributed by atoms with Crippen molar-refractivity contribution in [2.45, 2.75) is 57.0 Å². The summed E-state index contributed by atoms with van der Waals surface area (Å²) < 4.78 is 0. The van der Waals surface area contributed by atoms with Gasteiger partial charge < -0.3 is 14.9 Å². The molecule has 0 bridgehead atoms. The summed E-state index contributed by atoms with van der Waals surface area (Å²) in [5.74, 6) is -0.777. The first kappa shape index (κ1) is 13.2. The molecule has 2 amide bonds. The van der Waals surface area contributed by atoms with Crippen molar-refractivity contribution in [1.82, 2.24) is 9.80 Å². The van der Waals surface area contributed by atoms with Crippen LogP contribution in [0.3, 0.4) is 0 Å². The third kappa shape index (κ3) is 2.76. The minimum atomic E-state index is -0.777. The first-order chi connectivity index (χ1) is 8.59. The van der Waals surface area contributed by atoms with Gasteiger partial charge in [0.15, 0.2) is 0 Å². The highest BCUT2D eigenvalue weighted by Crippen LogP contribution is 2.29. The van der Waals surface area contributed by atoms with Crippen molar-refractivity contribution in [2.75, 3.05) is 13.6 Å². The molecule has 1 heterocycles. The van der Waals surface area contributed by atoms with Gasteiger partial charge in [0, 0.05) is 26.1 Å². The molecule has 1 atom stereocenters. The molecule has 1 unspecified atom stereocenters. The highest BCUT2D eigenvalue weighted by molar-refractivity contribution is 5.77. The molecule has 0 aromatic heterocycles. The highest BCUT2D eigenvalue weighted by Gasteiger charge is 2.39. The summed E-state index contributed by atoms with van der Waals surface area (Å²) >= 11 is 0. The van der Waals surface area contributed by atoms with E-state index in [-0.39, 0.29) is 18.5 Å². The Bertz CT molecular complexity index is 326. The molecule has 0 aromatic carbocycles. The molecule has 1 N–H and O–H groups in total. The molecule has 5 heteroatoms. The van der Waals surface area contributed by atoms with Gasteiger partial charge in [0.25, 0.3) is 0 Å². The summed E-state index contributed by atoms with van der Waals surface area (Å²) in [5, 5.41) is 8.79. The molecular weight excluding hydrogens is 232 g/mol. The second-order valence-corrected chi connectivity index (χ2v) is 5.45. The van der Waals surface area contributed by atoms with Crippen LogP contribution in [-0.4, -0.2) is 52.6 Å². The Hall–Kier alpha value is -1.26. The van der Waals surface area contributed by atoms with E-state index < -0.39 is 5.97 Å². The lowest BCUT2D eigenvalue weighted by atomic mass is 9.93. The van der Waals surface area contributed by atoms with Gasteiger partial charge in [-0.25, -0.2) is 4.79 Å². The lowest BCUT2D eigenvalue weighted by molar-refractivity contribution is -0.137. The zero-order valence-corrected chi connectivity index (χ0v) is 11.0. The smallest absolute Gasteiger partial charge is 0.320 e. The first-order valence-corrected chi connectivity index (χ1v) is 6.85. The van der Waals surface area contributed by atoms with Gasteiger partial charge in [0.2, 0.25) is 0 Å². The van der Waals surface area contributed by atoms with Crippen molar-refractivity contribution in [3.05, 3.63) is 0 Å². The molecule has 1 aliphatic heterocycles. The van der Waals surface area contributed by atoms with Crippen molar-refractivity contribution < 1.29 is 14.7 Å². The molecule has 2 aliphatic rings. The summed E-state index contributed by atoms with van der Waals surface area (Å²) in [4.78, 5) is 26.5. The average Bonchev–Trinajstić information content (AvgIpc) is 2.64. The van der Waals surface area contributed by atoms with Crippen LogP contribution >= 0.6 is 0 Å². The van der Waals surface area contributed by atoms with Crippen molar-refractivity contribution >= 4 is 12.0 Å². The number of carboxylic acids is 1. The van der Waals surface area contributed by atoms with Gasteiger partial charge in [0.05, 0.1) is 6.04 Å². The molecule has 1 saturated carbocycles. The number of carbonyl (C=O) groups excluding carboxylic acids is 1. The molecule has 0 radical (unpaired) electrons. The van der Waals surface area contributed by atoms with Crippen molar-refractivity contribution in [2.24, 2.45) is 0 Å². The Balaban J connectivity index is 2.02. The standard InChI is InChI=1S/C13H22N2O3/c1-14-9-11(7-8-12(16)17)15(13(14)18)10-5-3-2-4-6-10/h10-11H,2-9H2,1H3,(H,16,17). The number of urea groups is 1. The predicted octanol–water partition coefficient (Wildman–Crippen LogP) is 1.92. The Morgan fingerprint density at radius 1 is 1.33 bits per heavy atom. The molecular formula is C13H22N2O3. The monoisotopic (exact) mass is 254 g/mol. The van der Waals surface area contributed by atoms with Crippen LogP contribution < -0.4 is 0 Å². The summed E-state index contributed by atoms with van der Waals surface area (Å²) in [7, 11) is 1.80. The van der Waals surface area contributed by atoms with E-state index >= 15 is 0 Å². The zero-order valence-electron chi connectivity index (χ0n) is 11.0. The summed E-state index contributed by atoms with van der Waals surface area (Å²) in [6.45, 7) is 0.669. The Kier molecular flexibility index (Phi) is 4.09. The molecule has 5 nitrogen and oxygen atoms in total. The number of carbonyl (C=O) groups is 2.